The molecule has 0 aliphatic heterocycles. The van der Waals surface area contributed by atoms with Crippen LogP contribution in [0.4, 0.5) is 10.1 Å². The zero-order valence-electron chi connectivity index (χ0n) is 14.9. The smallest absolute Gasteiger partial charge is 0.246 e. The SMILES string of the molecule is CN(Cc1ccc(Cl)cc1)[C@H](C(=O)Nc1ccc(F)cc1)c1ccccc1. The Labute approximate surface area is 163 Å². The van der Waals surface area contributed by atoms with Crippen molar-refractivity contribution in [1.82, 2.24) is 4.90 Å². The summed E-state index contributed by atoms with van der Waals surface area (Å²) in [6.07, 6.45) is 0. The quantitative estimate of drug-likeness (QED) is 0.628. The first-order valence-electron chi connectivity index (χ1n) is 8.59. The van der Waals surface area contributed by atoms with Gasteiger partial charge in [0.2, 0.25) is 5.91 Å². The molecule has 0 saturated heterocycles. The zero-order valence-corrected chi connectivity index (χ0v) is 15.7. The molecule has 0 aromatic heterocycles. The second-order valence-electron chi connectivity index (χ2n) is 6.35. The van der Waals surface area contributed by atoms with Crippen LogP contribution in [-0.4, -0.2) is 17.9 Å². The van der Waals surface area contributed by atoms with E-state index in [-0.39, 0.29) is 11.7 Å². The van der Waals surface area contributed by atoms with Crippen molar-refractivity contribution in [3.05, 3.63) is 101 Å². The predicted octanol–water partition coefficient (Wildman–Crippen LogP) is 5.29. The summed E-state index contributed by atoms with van der Waals surface area (Å²) in [5, 5.41) is 3.55. The molecule has 0 fully saturated rings. The predicted molar refractivity (Wildman–Crippen MR) is 107 cm³/mol. The highest BCUT2D eigenvalue weighted by atomic mass is 35.5. The van der Waals surface area contributed by atoms with E-state index in [0.29, 0.717) is 17.3 Å². The lowest BCUT2D eigenvalue weighted by Crippen LogP contribution is -2.34. The van der Waals surface area contributed by atoms with Gasteiger partial charge in [0.25, 0.3) is 0 Å². The molecule has 0 unspecified atom stereocenters. The highest BCUT2D eigenvalue weighted by molar-refractivity contribution is 6.30. The molecule has 0 aliphatic rings. The highest BCUT2D eigenvalue weighted by Crippen LogP contribution is 2.24. The first-order valence-corrected chi connectivity index (χ1v) is 8.97. The van der Waals surface area contributed by atoms with Gasteiger partial charge in [0, 0.05) is 17.3 Å². The second-order valence-corrected chi connectivity index (χ2v) is 6.79. The highest BCUT2D eigenvalue weighted by Gasteiger charge is 2.25. The van der Waals surface area contributed by atoms with E-state index in [1.54, 1.807) is 12.1 Å². The molecule has 0 saturated carbocycles. The van der Waals surface area contributed by atoms with Crippen LogP contribution in [0.3, 0.4) is 0 Å². The van der Waals surface area contributed by atoms with Crippen molar-refractivity contribution in [2.45, 2.75) is 12.6 Å². The Kier molecular flexibility index (Phi) is 6.22. The van der Waals surface area contributed by atoms with Crippen LogP contribution < -0.4 is 5.32 Å². The Morgan fingerprint density at radius 1 is 1.00 bits per heavy atom. The van der Waals surface area contributed by atoms with Gasteiger partial charge in [-0.2, -0.15) is 0 Å². The van der Waals surface area contributed by atoms with Crippen molar-refractivity contribution in [2.24, 2.45) is 0 Å². The minimum absolute atomic E-state index is 0.177. The summed E-state index contributed by atoms with van der Waals surface area (Å²) in [6, 6.07) is 22.4. The number of anilines is 1. The number of likely N-dealkylation sites (N-methyl/N-ethyl adjacent to an activating group) is 1. The molecular formula is C22H20ClFN2O. The van der Waals surface area contributed by atoms with Gasteiger partial charge in [-0.1, -0.05) is 54.1 Å². The minimum atomic E-state index is -0.494. The molecule has 0 aliphatic carbocycles. The van der Waals surface area contributed by atoms with Crippen molar-refractivity contribution < 1.29 is 9.18 Å². The number of rotatable bonds is 6. The van der Waals surface area contributed by atoms with Gasteiger partial charge in [-0.3, -0.25) is 9.69 Å². The fourth-order valence-electron chi connectivity index (χ4n) is 2.95. The standard InChI is InChI=1S/C22H20ClFN2O/c1-26(15-16-7-9-18(23)10-8-16)21(17-5-3-2-4-6-17)22(27)25-20-13-11-19(24)12-14-20/h2-14,21H,15H2,1H3,(H,25,27)/t21-/m0/s1. The summed E-state index contributed by atoms with van der Waals surface area (Å²) < 4.78 is 13.1. The number of hydrogen-bond donors (Lipinski definition) is 1. The van der Waals surface area contributed by atoms with Crippen LogP contribution in [0.1, 0.15) is 17.2 Å². The summed E-state index contributed by atoms with van der Waals surface area (Å²) in [7, 11) is 1.90. The molecule has 1 N–H and O–H groups in total. The molecule has 3 aromatic carbocycles. The summed E-state index contributed by atoms with van der Waals surface area (Å²) >= 11 is 5.95. The largest absolute Gasteiger partial charge is 0.324 e. The van der Waals surface area contributed by atoms with E-state index in [9.17, 15) is 9.18 Å². The zero-order chi connectivity index (χ0) is 19.2. The molecule has 0 spiro atoms. The van der Waals surface area contributed by atoms with Crippen LogP contribution >= 0.6 is 11.6 Å². The molecule has 27 heavy (non-hydrogen) atoms. The fourth-order valence-corrected chi connectivity index (χ4v) is 3.08. The molecule has 3 nitrogen and oxygen atoms in total. The lowest BCUT2D eigenvalue weighted by Gasteiger charge is -2.27. The van der Waals surface area contributed by atoms with Gasteiger partial charge in [0.15, 0.2) is 0 Å². The third-order valence-electron chi connectivity index (χ3n) is 4.26. The van der Waals surface area contributed by atoms with Crippen LogP contribution in [0.15, 0.2) is 78.9 Å². The van der Waals surface area contributed by atoms with Crippen molar-refractivity contribution in [1.29, 1.82) is 0 Å². The summed E-state index contributed by atoms with van der Waals surface area (Å²) in [4.78, 5) is 15.0. The van der Waals surface area contributed by atoms with E-state index in [2.05, 4.69) is 5.32 Å². The molecule has 3 rings (SSSR count). The number of nitrogens with zero attached hydrogens (tertiary/aromatic N) is 1. The number of carbonyl (C=O) groups is 1. The van der Waals surface area contributed by atoms with E-state index < -0.39 is 6.04 Å². The van der Waals surface area contributed by atoms with E-state index in [1.165, 1.54) is 12.1 Å². The normalized spacial score (nSPS) is 12.0. The van der Waals surface area contributed by atoms with Crippen LogP contribution in [-0.2, 0) is 11.3 Å². The van der Waals surface area contributed by atoms with Gasteiger partial charge in [0.05, 0.1) is 0 Å². The lowest BCUT2D eigenvalue weighted by molar-refractivity contribution is -0.121. The average molecular weight is 383 g/mol. The van der Waals surface area contributed by atoms with Crippen molar-refractivity contribution >= 4 is 23.2 Å². The molecule has 3 aromatic rings. The average Bonchev–Trinajstić information content (AvgIpc) is 2.66. The number of hydrogen-bond acceptors (Lipinski definition) is 2. The topological polar surface area (TPSA) is 32.3 Å². The van der Waals surface area contributed by atoms with Gasteiger partial charge in [-0.05, 0) is 54.6 Å². The maximum absolute atomic E-state index is 13.1. The second kappa shape index (κ2) is 8.80. The van der Waals surface area contributed by atoms with Gasteiger partial charge >= 0.3 is 0 Å². The van der Waals surface area contributed by atoms with Gasteiger partial charge in [-0.25, -0.2) is 4.39 Å². The fraction of sp³-hybridized carbons (Fsp3) is 0.136. The molecule has 0 radical (unpaired) electrons. The molecular weight excluding hydrogens is 363 g/mol. The monoisotopic (exact) mass is 382 g/mol. The van der Waals surface area contributed by atoms with Gasteiger partial charge < -0.3 is 5.32 Å². The van der Waals surface area contributed by atoms with E-state index in [4.69, 9.17) is 11.6 Å². The van der Waals surface area contributed by atoms with E-state index in [0.717, 1.165) is 11.1 Å². The Morgan fingerprint density at radius 2 is 1.63 bits per heavy atom. The van der Waals surface area contributed by atoms with Crippen molar-refractivity contribution in [2.75, 3.05) is 12.4 Å². The molecule has 0 heterocycles. The van der Waals surface area contributed by atoms with Crippen LogP contribution in [0.25, 0.3) is 0 Å². The molecule has 1 amide bonds. The number of nitrogens with one attached hydrogen (secondary N) is 1. The summed E-state index contributed by atoms with van der Waals surface area (Å²) in [5.74, 6) is -0.517. The van der Waals surface area contributed by atoms with Crippen LogP contribution in [0.2, 0.25) is 5.02 Å². The summed E-state index contributed by atoms with van der Waals surface area (Å²) in [5.41, 5.74) is 2.49. The number of halogens is 2. The molecule has 5 heteroatoms. The van der Waals surface area contributed by atoms with Crippen LogP contribution in [0.5, 0.6) is 0 Å². The third-order valence-corrected chi connectivity index (χ3v) is 4.51. The maximum atomic E-state index is 13.1. The molecule has 0 bridgehead atoms. The van der Waals surface area contributed by atoms with Gasteiger partial charge in [0.1, 0.15) is 11.9 Å². The van der Waals surface area contributed by atoms with Gasteiger partial charge in [-0.15, -0.1) is 0 Å². The molecule has 1 atom stereocenters. The first-order chi connectivity index (χ1) is 13.0. The van der Waals surface area contributed by atoms with Crippen molar-refractivity contribution in [3.8, 4) is 0 Å². The first kappa shape index (κ1) is 19.1. The number of benzene rings is 3. The van der Waals surface area contributed by atoms with Crippen molar-refractivity contribution in [3.63, 3.8) is 0 Å². The molecule has 138 valence electrons. The number of carbonyl (C=O) groups excluding carboxylic acids is 1. The Hall–Kier alpha value is -2.69. The Balaban J connectivity index is 1.82. The van der Waals surface area contributed by atoms with E-state index >= 15 is 0 Å². The summed E-state index contributed by atoms with van der Waals surface area (Å²) in [6.45, 7) is 0.577. The third kappa shape index (κ3) is 5.16. The van der Waals surface area contributed by atoms with E-state index in [1.807, 2.05) is 66.5 Å². The van der Waals surface area contributed by atoms with Crippen LogP contribution in [0, 0.1) is 5.82 Å². The minimum Gasteiger partial charge on any atom is -0.324 e. The Morgan fingerprint density at radius 3 is 2.26 bits per heavy atom. The maximum Gasteiger partial charge on any atom is 0.246 e. The lowest BCUT2D eigenvalue weighted by atomic mass is 10.0. The Bertz CT molecular complexity index is 882. The number of amides is 1.